The van der Waals surface area contributed by atoms with E-state index in [0.29, 0.717) is 16.3 Å². The van der Waals surface area contributed by atoms with Crippen molar-refractivity contribution >= 4 is 39.1 Å². The van der Waals surface area contributed by atoms with Crippen LogP contribution in [0, 0.1) is 13.8 Å². The van der Waals surface area contributed by atoms with Gasteiger partial charge in [-0.15, -0.1) is 11.3 Å². The van der Waals surface area contributed by atoms with Gasteiger partial charge in [-0.1, -0.05) is 30.0 Å². The summed E-state index contributed by atoms with van der Waals surface area (Å²) in [5.74, 6) is 0.358. The molecule has 0 unspecified atom stereocenters. The Bertz CT molecular complexity index is 943. The molecule has 0 saturated heterocycles. The average molecular weight is 344 g/mol. The molecule has 0 aliphatic rings. The van der Waals surface area contributed by atoms with E-state index in [1.165, 1.54) is 30.0 Å². The molecular formula is C17H16N2O2S2. The first-order valence-corrected chi connectivity index (χ1v) is 8.99. The van der Waals surface area contributed by atoms with Crippen molar-refractivity contribution in [2.75, 3.05) is 5.75 Å². The Kier molecular flexibility index (Phi) is 4.37. The Labute approximate surface area is 142 Å². The number of hydrogen-bond acceptors (Lipinski definition) is 5. The van der Waals surface area contributed by atoms with Gasteiger partial charge in [0.25, 0.3) is 5.56 Å². The van der Waals surface area contributed by atoms with Crippen molar-refractivity contribution in [2.45, 2.75) is 25.9 Å². The van der Waals surface area contributed by atoms with Crippen LogP contribution in [0.4, 0.5) is 0 Å². The summed E-state index contributed by atoms with van der Waals surface area (Å²) in [6.45, 7) is 5.49. The van der Waals surface area contributed by atoms with Crippen LogP contribution in [-0.2, 0) is 4.79 Å². The topological polar surface area (TPSA) is 52.0 Å². The second-order valence-electron chi connectivity index (χ2n) is 5.32. The quantitative estimate of drug-likeness (QED) is 0.534. The largest absolute Gasteiger partial charge is 0.299 e. The molecule has 0 N–H and O–H groups in total. The summed E-state index contributed by atoms with van der Waals surface area (Å²) in [6, 6.07) is 9.43. The number of thiophene rings is 1. The number of carbonyl (C=O) groups is 1. The lowest BCUT2D eigenvalue weighted by Crippen LogP contribution is -2.22. The molecule has 4 nitrogen and oxygen atoms in total. The molecule has 0 aliphatic heterocycles. The summed E-state index contributed by atoms with van der Waals surface area (Å²) >= 11 is 2.83. The molecule has 0 radical (unpaired) electrons. The molecule has 0 amide bonds. The highest BCUT2D eigenvalue weighted by atomic mass is 32.2. The zero-order valence-electron chi connectivity index (χ0n) is 13.1. The molecule has 6 heteroatoms. The summed E-state index contributed by atoms with van der Waals surface area (Å²) in [5, 5.41) is 1.23. The standard InChI is InChI=1S/C17H16N2O2S2/c1-10(20)9-22-17-18-15-14(11(2)12(3)23-15)16(21)19(17)13-7-5-4-6-8-13/h4-8H,9H2,1-3H3. The number of aromatic nitrogens is 2. The average Bonchev–Trinajstić information content (AvgIpc) is 2.81. The van der Waals surface area contributed by atoms with Crippen LogP contribution < -0.4 is 5.56 Å². The van der Waals surface area contributed by atoms with Crippen LogP contribution in [0.2, 0.25) is 0 Å². The number of Topliss-reactive ketones (excluding diaryl/α,β-unsaturated/α-hetero) is 1. The third-order valence-electron chi connectivity index (χ3n) is 3.59. The van der Waals surface area contributed by atoms with Gasteiger partial charge in [-0.25, -0.2) is 4.98 Å². The number of rotatable bonds is 4. The number of fused-ring (bicyclic) bond motifs is 1. The first kappa shape index (κ1) is 16.0. The van der Waals surface area contributed by atoms with Crippen molar-refractivity contribution in [3.63, 3.8) is 0 Å². The molecule has 0 spiro atoms. The van der Waals surface area contributed by atoms with E-state index in [1.54, 1.807) is 4.57 Å². The van der Waals surface area contributed by atoms with Gasteiger partial charge in [0.05, 0.1) is 16.8 Å². The second-order valence-corrected chi connectivity index (χ2v) is 7.47. The molecule has 3 rings (SSSR count). The van der Waals surface area contributed by atoms with E-state index in [2.05, 4.69) is 4.98 Å². The minimum absolute atomic E-state index is 0.0579. The Balaban J connectivity index is 2.31. The molecule has 2 aromatic heterocycles. The van der Waals surface area contributed by atoms with Crippen LogP contribution in [0.5, 0.6) is 0 Å². The van der Waals surface area contributed by atoms with Crippen molar-refractivity contribution < 1.29 is 4.79 Å². The highest BCUT2D eigenvalue weighted by molar-refractivity contribution is 7.99. The van der Waals surface area contributed by atoms with E-state index in [0.717, 1.165) is 21.0 Å². The summed E-state index contributed by atoms with van der Waals surface area (Å²) < 4.78 is 1.61. The van der Waals surface area contributed by atoms with E-state index in [4.69, 9.17) is 0 Å². The summed E-state index contributed by atoms with van der Waals surface area (Å²) in [5.41, 5.74) is 1.67. The van der Waals surface area contributed by atoms with Crippen LogP contribution in [0.1, 0.15) is 17.4 Å². The number of thioether (sulfide) groups is 1. The smallest absolute Gasteiger partial charge is 0.267 e. The zero-order chi connectivity index (χ0) is 16.6. The molecule has 23 heavy (non-hydrogen) atoms. The molecule has 2 heterocycles. The van der Waals surface area contributed by atoms with Crippen molar-refractivity contribution in [1.29, 1.82) is 0 Å². The van der Waals surface area contributed by atoms with Gasteiger partial charge in [-0.3, -0.25) is 14.2 Å². The van der Waals surface area contributed by atoms with Crippen LogP contribution in [0.25, 0.3) is 15.9 Å². The maximum absolute atomic E-state index is 13.1. The Hall–Kier alpha value is -1.92. The molecule has 0 saturated carbocycles. The number of hydrogen-bond donors (Lipinski definition) is 0. The van der Waals surface area contributed by atoms with Crippen LogP contribution in [-0.4, -0.2) is 21.1 Å². The lowest BCUT2D eigenvalue weighted by molar-refractivity contribution is -0.114. The molecule has 118 valence electrons. The zero-order valence-corrected chi connectivity index (χ0v) is 14.8. The molecule has 0 atom stereocenters. The van der Waals surface area contributed by atoms with Crippen molar-refractivity contribution in [2.24, 2.45) is 0 Å². The fraction of sp³-hybridized carbons (Fsp3) is 0.235. The van der Waals surface area contributed by atoms with Gasteiger partial charge in [-0.2, -0.15) is 0 Å². The van der Waals surface area contributed by atoms with Crippen LogP contribution in [0.15, 0.2) is 40.3 Å². The number of ketones is 1. The lowest BCUT2D eigenvalue weighted by atomic mass is 10.2. The molecule has 0 bridgehead atoms. The molecule has 3 aromatic rings. The predicted octanol–water partition coefficient (Wildman–Crippen LogP) is 3.75. The summed E-state index contributed by atoms with van der Waals surface area (Å²) in [7, 11) is 0. The predicted molar refractivity (Wildman–Crippen MR) is 96.1 cm³/mol. The van der Waals surface area contributed by atoms with Gasteiger partial charge >= 0.3 is 0 Å². The number of para-hydroxylation sites is 1. The molecular weight excluding hydrogens is 328 g/mol. The van der Waals surface area contributed by atoms with E-state index in [1.807, 2.05) is 44.2 Å². The minimum atomic E-state index is -0.0749. The number of carbonyl (C=O) groups excluding carboxylic acids is 1. The third-order valence-corrected chi connectivity index (χ3v) is 5.78. The molecule has 0 aliphatic carbocycles. The Morgan fingerprint density at radius 3 is 2.61 bits per heavy atom. The lowest BCUT2D eigenvalue weighted by Gasteiger charge is -2.11. The molecule has 1 aromatic carbocycles. The van der Waals surface area contributed by atoms with Crippen molar-refractivity contribution in [3.8, 4) is 5.69 Å². The molecule has 0 fully saturated rings. The number of benzene rings is 1. The SMILES string of the molecule is CC(=O)CSc1nc2sc(C)c(C)c2c(=O)n1-c1ccccc1. The van der Waals surface area contributed by atoms with Crippen molar-refractivity contribution in [1.82, 2.24) is 9.55 Å². The van der Waals surface area contributed by atoms with Gasteiger partial charge in [0.1, 0.15) is 10.6 Å². The van der Waals surface area contributed by atoms with Gasteiger partial charge < -0.3 is 0 Å². The monoisotopic (exact) mass is 344 g/mol. The van der Waals surface area contributed by atoms with Gasteiger partial charge in [0, 0.05) is 4.88 Å². The fourth-order valence-corrected chi connectivity index (χ4v) is 4.23. The number of aryl methyl sites for hydroxylation is 2. The first-order chi connectivity index (χ1) is 11.0. The number of nitrogens with zero attached hydrogens (tertiary/aromatic N) is 2. The highest BCUT2D eigenvalue weighted by Crippen LogP contribution is 2.29. The second kappa shape index (κ2) is 6.29. The summed E-state index contributed by atoms with van der Waals surface area (Å²) in [6.07, 6.45) is 0. The van der Waals surface area contributed by atoms with Gasteiger partial charge in [0.15, 0.2) is 5.16 Å². The maximum atomic E-state index is 13.1. The Morgan fingerprint density at radius 2 is 1.96 bits per heavy atom. The highest BCUT2D eigenvalue weighted by Gasteiger charge is 2.18. The first-order valence-electron chi connectivity index (χ1n) is 7.19. The normalized spacial score (nSPS) is 11.1. The van der Waals surface area contributed by atoms with Crippen molar-refractivity contribution in [3.05, 3.63) is 51.1 Å². The van der Waals surface area contributed by atoms with E-state index < -0.39 is 0 Å². The third kappa shape index (κ3) is 2.96. The Morgan fingerprint density at radius 1 is 1.26 bits per heavy atom. The van der Waals surface area contributed by atoms with Crippen LogP contribution >= 0.6 is 23.1 Å². The fourth-order valence-electron chi connectivity index (χ4n) is 2.34. The summed E-state index contributed by atoms with van der Waals surface area (Å²) in [4.78, 5) is 30.9. The van der Waals surface area contributed by atoms with Crippen LogP contribution in [0.3, 0.4) is 0 Å². The van der Waals surface area contributed by atoms with E-state index in [-0.39, 0.29) is 11.3 Å². The maximum Gasteiger partial charge on any atom is 0.267 e. The van der Waals surface area contributed by atoms with E-state index >= 15 is 0 Å². The minimum Gasteiger partial charge on any atom is -0.299 e. The van der Waals surface area contributed by atoms with Gasteiger partial charge in [-0.05, 0) is 38.5 Å². The van der Waals surface area contributed by atoms with Gasteiger partial charge in [0.2, 0.25) is 0 Å². The van der Waals surface area contributed by atoms with E-state index in [9.17, 15) is 9.59 Å².